The molecule has 16 heavy (non-hydrogen) atoms. The summed E-state index contributed by atoms with van der Waals surface area (Å²) >= 11 is 0. The third-order valence-electron chi connectivity index (χ3n) is 4.22. The van der Waals surface area contributed by atoms with E-state index in [2.05, 4.69) is 13.8 Å². The topological polar surface area (TPSA) is 35.2 Å². The van der Waals surface area contributed by atoms with Crippen molar-refractivity contribution in [3.63, 3.8) is 0 Å². The van der Waals surface area contributed by atoms with Crippen LogP contribution in [0.5, 0.6) is 0 Å². The maximum atomic E-state index is 6.11. The van der Waals surface area contributed by atoms with Gasteiger partial charge in [-0.3, -0.25) is 0 Å². The second-order valence-electron chi connectivity index (χ2n) is 6.42. The van der Waals surface area contributed by atoms with Crippen LogP contribution < -0.4 is 5.73 Å². The minimum Gasteiger partial charge on any atom is -0.372 e. The maximum Gasteiger partial charge on any atom is 0.0631 e. The number of rotatable bonds is 2. The van der Waals surface area contributed by atoms with Crippen molar-refractivity contribution in [2.75, 3.05) is 0 Å². The van der Waals surface area contributed by atoms with E-state index in [4.69, 9.17) is 10.5 Å². The molecule has 0 radical (unpaired) electrons. The van der Waals surface area contributed by atoms with E-state index in [1.54, 1.807) is 0 Å². The summed E-state index contributed by atoms with van der Waals surface area (Å²) in [5, 5.41) is 0. The molecule has 2 nitrogen and oxygen atoms in total. The Bertz CT molecular complexity index is 227. The Morgan fingerprint density at radius 3 is 2.62 bits per heavy atom. The summed E-state index contributed by atoms with van der Waals surface area (Å²) in [5.74, 6) is 0.816. The molecular weight excluding hydrogens is 198 g/mol. The van der Waals surface area contributed by atoms with Crippen LogP contribution >= 0.6 is 0 Å². The fourth-order valence-electron chi connectivity index (χ4n) is 3.33. The Morgan fingerprint density at radius 1 is 1.19 bits per heavy atom. The zero-order chi connectivity index (χ0) is 11.6. The van der Waals surface area contributed by atoms with Gasteiger partial charge in [0.15, 0.2) is 0 Å². The lowest BCUT2D eigenvalue weighted by Gasteiger charge is -2.23. The van der Waals surface area contributed by atoms with E-state index < -0.39 is 0 Å². The normalized spacial score (nSPS) is 39.6. The summed E-state index contributed by atoms with van der Waals surface area (Å²) < 4.78 is 6.09. The summed E-state index contributed by atoms with van der Waals surface area (Å²) in [6.45, 7) is 4.43. The average molecular weight is 225 g/mol. The highest BCUT2D eigenvalue weighted by molar-refractivity contribution is 4.84. The van der Waals surface area contributed by atoms with Crippen LogP contribution in [0.25, 0.3) is 0 Å². The molecule has 1 aliphatic heterocycles. The van der Waals surface area contributed by atoms with E-state index in [1.807, 2.05) is 0 Å². The SMILES string of the molecule is CC1(C)CCC(CC2CCCCC(N)C2)O1. The van der Waals surface area contributed by atoms with Crippen LogP contribution in [0.3, 0.4) is 0 Å². The molecule has 0 amide bonds. The van der Waals surface area contributed by atoms with Crippen molar-refractivity contribution in [1.29, 1.82) is 0 Å². The van der Waals surface area contributed by atoms with Gasteiger partial charge in [-0.05, 0) is 51.9 Å². The molecule has 1 saturated heterocycles. The van der Waals surface area contributed by atoms with E-state index in [-0.39, 0.29) is 5.60 Å². The molecule has 3 atom stereocenters. The van der Waals surface area contributed by atoms with Crippen molar-refractivity contribution in [3.05, 3.63) is 0 Å². The molecule has 1 aliphatic carbocycles. The Balaban J connectivity index is 1.80. The zero-order valence-electron chi connectivity index (χ0n) is 10.9. The molecule has 2 fully saturated rings. The van der Waals surface area contributed by atoms with Gasteiger partial charge in [-0.2, -0.15) is 0 Å². The standard InChI is InChI=1S/C14H27NO/c1-14(2)8-7-13(16-14)10-11-5-3-4-6-12(15)9-11/h11-13H,3-10,15H2,1-2H3. The van der Waals surface area contributed by atoms with Crippen molar-refractivity contribution in [2.45, 2.75) is 83.0 Å². The van der Waals surface area contributed by atoms with Crippen molar-refractivity contribution >= 4 is 0 Å². The first-order valence-corrected chi connectivity index (χ1v) is 6.98. The molecule has 2 rings (SSSR count). The fraction of sp³-hybridized carbons (Fsp3) is 1.00. The first kappa shape index (κ1) is 12.4. The summed E-state index contributed by atoms with van der Waals surface area (Å²) in [6.07, 6.45) is 10.7. The van der Waals surface area contributed by atoms with Gasteiger partial charge in [-0.1, -0.05) is 19.3 Å². The molecular formula is C14H27NO. The Kier molecular flexibility index (Phi) is 3.91. The highest BCUT2D eigenvalue weighted by Crippen LogP contribution is 2.35. The van der Waals surface area contributed by atoms with Crippen molar-refractivity contribution in [2.24, 2.45) is 11.7 Å². The van der Waals surface area contributed by atoms with Gasteiger partial charge in [0.2, 0.25) is 0 Å². The summed E-state index contributed by atoms with van der Waals surface area (Å²) in [7, 11) is 0. The Morgan fingerprint density at radius 2 is 1.94 bits per heavy atom. The van der Waals surface area contributed by atoms with Gasteiger partial charge in [-0.15, -0.1) is 0 Å². The fourth-order valence-corrected chi connectivity index (χ4v) is 3.33. The zero-order valence-corrected chi connectivity index (χ0v) is 10.9. The van der Waals surface area contributed by atoms with Gasteiger partial charge in [0.1, 0.15) is 0 Å². The van der Waals surface area contributed by atoms with Crippen LogP contribution in [0.2, 0.25) is 0 Å². The van der Waals surface area contributed by atoms with Gasteiger partial charge >= 0.3 is 0 Å². The number of ether oxygens (including phenoxy) is 1. The van der Waals surface area contributed by atoms with Crippen molar-refractivity contribution < 1.29 is 4.74 Å². The quantitative estimate of drug-likeness (QED) is 0.732. The first-order valence-electron chi connectivity index (χ1n) is 6.98. The molecule has 2 aliphatic rings. The molecule has 0 aromatic rings. The lowest BCUT2D eigenvalue weighted by Crippen LogP contribution is -2.25. The molecule has 0 spiro atoms. The van der Waals surface area contributed by atoms with Crippen LogP contribution in [0.1, 0.15) is 65.2 Å². The molecule has 0 aromatic heterocycles. The highest BCUT2D eigenvalue weighted by Gasteiger charge is 2.33. The van der Waals surface area contributed by atoms with Crippen molar-refractivity contribution in [1.82, 2.24) is 0 Å². The number of nitrogens with two attached hydrogens (primary N) is 1. The highest BCUT2D eigenvalue weighted by atomic mass is 16.5. The molecule has 1 heterocycles. The van der Waals surface area contributed by atoms with E-state index in [0.29, 0.717) is 12.1 Å². The van der Waals surface area contributed by atoms with Crippen LogP contribution in [-0.4, -0.2) is 17.7 Å². The lowest BCUT2D eigenvalue weighted by atomic mass is 9.91. The van der Waals surface area contributed by atoms with Gasteiger partial charge in [-0.25, -0.2) is 0 Å². The van der Waals surface area contributed by atoms with Gasteiger partial charge in [0.25, 0.3) is 0 Å². The minimum absolute atomic E-state index is 0.123. The second-order valence-corrected chi connectivity index (χ2v) is 6.42. The summed E-state index contributed by atoms with van der Waals surface area (Å²) in [5.41, 5.74) is 6.23. The number of hydrogen-bond donors (Lipinski definition) is 1. The first-order chi connectivity index (χ1) is 7.55. The molecule has 0 aromatic carbocycles. The van der Waals surface area contributed by atoms with E-state index in [1.165, 1.54) is 51.4 Å². The third kappa shape index (κ3) is 3.46. The predicted octanol–water partition coefficient (Wildman–Crippen LogP) is 3.24. The van der Waals surface area contributed by atoms with E-state index >= 15 is 0 Å². The minimum atomic E-state index is 0.123. The lowest BCUT2D eigenvalue weighted by molar-refractivity contribution is -0.0254. The van der Waals surface area contributed by atoms with Gasteiger partial charge < -0.3 is 10.5 Å². The van der Waals surface area contributed by atoms with Crippen LogP contribution in [0, 0.1) is 5.92 Å². The molecule has 3 unspecified atom stereocenters. The second kappa shape index (κ2) is 5.05. The van der Waals surface area contributed by atoms with Crippen molar-refractivity contribution in [3.8, 4) is 0 Å². The monoisotopic (exact) mass is 225 g/mol. The number of hydrogen-bond acceptors (Lipinski definition) is 2. The summed E-state index contributed by atoms with van der Waals surface area (Å²) in [6, 6.07) is 0.446. The smallest absolute Gasteiger partial charge is 0.0631 e. The van der Waals surface area contributed by atoms with Crippen LogP contribution in [0.15, 0.2) is 0 Å². The third-order valence-corrected chi connectivity index (χ3v) is 4.22. The average Bonchev–Trinajstić information content (AvgIpc) is 2.41. The molecule has 2 N–H and O–H groups in total. The maximum absolute atomic E-state index is 6.11. The molecule has 0 bridgehead atoms. The van der Waals surface area contributed by atoms with Gasteiger partial charge in [0, 0.05) is 6.04 Å². The van der Waals surface area contributed by atoms with Crippen LogP contribution in [-0.2, 0) is 4.74 Å². The Labute approximate surface area is 99.9 Å². The van der Waals surface area contributed by atoms with E-state index in [9.17, 15) is 0 Å². The van der Waals surface area contributed by atoms with E-state index in [0.717, 1.165) is 5.92 Å². The predicted molar refractivity (Wildman–Crippen MR) is 67.4 cm³/mol. The summed E-state index contributed by atoms with van der Waals surface area (Å²) in [4.78, 5) is 0. The molecule has 94 valence electrons. The molecule has 2 heteroatoms. The Hall–Kier alpha value is -0.0800. The van der Waals surface area contributed by atoms with Gasteiger partial charge in [0.05, 0.1) is 11.7 Å². The molecule has 1 saturated carbocycles. The largest absolute Gasteiger partial charge is 0.372 e. The van der Waals surface area contributed by atoms with Crippen LogP contribution in [0.4, 0.5) is 0 Å².